The van der Waals surface area contributed by atoms with Gasteiger partial charge in [-0.2, -0.15) is 0 Å². The van der Waals surface area contributed by atoms with Crippen LogP contribution in [0.15, 0.2) is 48.8 Å². The summed E-state index contributed by atoms with van der Waals surface area (Å²) < 4.78 is 13.3. The van der Waals surface area contributed by atoms with Crippen LogP contribution in [0.4, 0.5) is 0 Å². The number of ether oxygens (including phenoxy) is 2. The molecule has 0 aliphatic carbocycles. The molecule has 2 aromatic heterocycles. The quantitative estimate of drug-likeness (QED) is 0.682. The zero-order valence-electron chi connectivity index (χ0n) is 16.3. The topological polar surface area (TPSA) is 56.6 Å². The molecule has 1 aliphatic heterocycles. The zero-order chi connectivity index (χ0) is 19.5. The second kappa shape index (κ2) is 8.02. The number of aromatic nitrogens is 2. The van der Waals surface area contributed by atoms with Gasteiger partial charge in [-0.1, -0.05) is 6.07 Å². The first-order valence-electron chi connectivity index (χ1n) is 9.59. The van der Waals surface area contributed by atoms with Crippen LogP contribution < -0.4 is 4.74 Å². The van der Waals surface area contributed by atoms with Crippen molar-refractivity contribution in [3.05, 3.63) is 60.0 Å². The molecule has 1 fully saturated rings. The predicted molar refractivity (Wildman–Crippen MR) is 107 cm³/mol. The Hall–Kier alpha value is -2.86. The largest absolute Gasteiger partial charge is 0.497 e. The number of piperidine rings is 1. The summed E-state index contributed by atoms with van der Waals surface area (Å²) in [5.41, 5.74) is 2.76. The van der Waals surface area contributed by atoms with Crippen molar-refractivity contribution >= 4 is 16.8 Å². The molecule has 146 valence electrons. The van der Waals surface area contributed by atoms with Gasteiger partial charge >= 0.3 is 0 Å². The Morgan fingerprint density at radius 2 is 2.18 bits per heavy atom. The second-order valence-electron chi connectivity index (χ2n) is 7.20. The van der Waals surface area contributed by atoms with Crippen molar-refractivity contribution in [3.8, 4) is 5.75 Å². The van der Waals surface area contributed by atoms with Crippen LogP contribution in [-0.2, 0) is 18.4 Å². The van der Waals surface area contributed by atoms with Gasteiger partial charge in [0.15, 0.2) is 0 Å². The first kappa shape index (κ1) is 18.5. The summed E-state index contributed by atoms with van der Waals surface area (Å²) in [6, 6.07) is 11.7. The maximum Gasteiger partial charge on any atom is 0.270 e. The first-order chi connectivity index (χ1) is 13.7. The molecule has 3 heterocycles. The average Bonchev–Trinajstić information content (AvgIpc) is 3.08. The van der Waals surface area contributed by atoms with E-state index < -0.39 is 0 Å². The van der Waals surface area contributed by atoms with Crippen molar-refractivity contribution in [3.63, 3.8) is 0 Å². The molecule has 1 saturated heterocycles. The molecule has 1 aliphatic rings. The van der Waals surface area contributed by atoms with Crippen LogP contribution in [0, 0.1) is 0 Å². The fourth-order valence-electron chi connectivity index (χ4n) is 3.78. The molecule has 0 N–H and O–H groups in total. The van der Waals surface area contributed by atoms with Gasteiger partial charge in [-0.25, -0.2) is 0 Å². The summed E-state index contributed by atoms with van der Waals surface area (Å²) in [5, 5.41) is 1.01. The number of pyridine rings is 1. The Labute approximate surface area is 164 Å². The van der Waals surface area contributed by atoms with Crippen LogP contribution >= 0.6 is 0 Å². The van der Waals surface area contributed by atoms with Gasteiger partial charge in [0.2, 0.25) is 0 Å². The normalized spacial score (nSPS) is 17.1. The summed E-state index contributed by atoms with van der Waals surface area (Å²) in [6.07, 6.45) is 5.53. The number of aryl methyl sites for hydroxylation is 1. The third-order valence-corrected chi connectivity index (χ3v) is 5.34. The van der Waals surface area contributed by atoms with E-state index in [9.17, 15) is 4.79 Å². The maximum absolute atomic E-state index is 13.2. The molecule has 0 bridgehead atoms. The van der Waals surface area contributed by atoms with Crippen LogP contribution in [0.5, 0.6) is 5.75 Å². The van der Waals surface area contributed by atoms with Crippen molar-refractivity contribution in [2.45, 2.75) is 25.6 Å². The summed E-state index contributed by atoms with van der Waals surface area (Å²) in [5.74, 6) is 0.839. The Morgan fingerprint density at radius 3 is 2.96 bits per heavy atom. The monoisotopic (exact) mass is 379 g/mol. The number of likely N-dealkylation sites (tertiary alicyclic amines) is 1. The molecule has 6 nitrogen and oxygen atoms in total. The van der Waals surface area contributed by atoms with Gasteiger partial charge in [0, 0.05) is 43.4 Å². The fourth-order valence-corrected chi connectivity index (χ4v) is 3.78. The minimum atomic E-state index is 0.0485. The number of nitrogens with zero attached hydrogens (tertiary/aromatic N) is 3. The lowest BCUT2D eigenvalue weighted by atomic mass is 10.1. The Bertz CT molecular complexity index is 968. The van der Waals surface area contributed by atoms with Crippen LogP contribution in [-0.4, -0.2) is 46.7 Å². The molecule has 3 aromatic rings. The number of benzene rings is 1. The molecule has 1 amide bonds. The SMILES string of the molecule is COc1ccc2c(c1)cc(C(=O)N1CCC[C@H](OCc3cccnc3)C1)n2C. The average molecular weight is 379 g/mol. The third kappa shape index (κ3) is 3.73. The molecule has 0 unspecified atom stereocenters. The molecule has 0 radical (unpaired) electrons. The minimum absolute atomic E-state index is 0.0485. The van der Waals surface area contributed by atoms with Crippen LogP contribution in [0.3, 0.4) is 0 Å². The number of hydrogen-bond donors (Lipinski definition) is 0. The van der Waals surface area contributed by atoms with Gasteiger partial charge in [-0.3, -0.25) is 9.78 Å². The number of carbonyl (C=O) groups is 1. The molecular weight excluding hydrogens is 354 g/mol. The summed E-state index contributed by atoms with van der Waals surface area (Å²) >= 11 is 0. The Morgan fingerprint density at radius 1 is 1.29 bits per heavy atom. The third-order valence-electron chi connectivity index (χ3n) is 5.34. The second-order valence-corrected chi connectivity index (χ2v) is 7.20. The maximum atomic E-state index is 13.2. The van der Waals surface area contributed by atoms with Crippen molar-refractivity contribution in [1.82, 2.24) is 14.5 Å². The first-order valence-corrected chi connectivity index (χ1v) is 9.59. The van der Waals surface area contributed by atoms with E-state index in [1.807, 2.05) is 59.1 Å². The van der Waals surface area contributed by atoms with Gasteiger partial charge in [0.25, 0.3) is 5.91 Å². The molecule has 1 aromatic carbocycles. The van der Waals surface area contributed by atoms with Crippen LogP contribution in [0.1, 0.15) is 28.9 Å². The van der Waals surface area contributed by atoms with E-state index in [2.05, 4.69) is 4.98 Å². The highest BCUT2D eigenvalue weighted by Gasteiger charge is 2.27. The molecule has 1 atom stereocenters. The summed E-state index contributed by atoms with van der Waals surface area (Å²) in [6.45, 7) is 1.90. The lowest BCUT2D eigenvalue weighted by Crippen LogP contribution is -2.43. The lowest BCUT2D eigenvalue weighted by Gasteiger charge is -2.32. The number of carbonyl (C=O) groups excluding carboxylic acids is 1. The van der Waals surface area contributed by atoms with Crippen molar-refractivity contribution < 1.29 is 14.3 Å². The van der Waals surface area contributed by atoms with E-state index in [0.717, 1.165) is 41.6 Å². The molecule has 0 saturated carbocycles. The van der Waals surface area contributed by atoms with E-state index in [0.29, 0.717) is 18.8 Å². The Balaban J connectivity index is 1.46. The van der Waals surface area contributed by atoms with E-state index in [1.54, 1.807) is 13.3 Å². The van der Waals surface area contributed by atoms with Gasteiger partial charge in [0.05, 0.1) is 19.8 Å². The van der Waals surface area contributed by atoms with Crippen LogP contribution in [0.25, 0.3) is 10.9 Å². The fraction of sp³-hybridized carbons (Fsp3) is 0.364. The number of fused-ring (bicyclic) bond motifs is 1. The van der Waals surface area contributed by atoms with Crippen molar-refractivity contribution in [2.75, 3.05) is 20.2 Å². The molecule has 6 heteroatoms. The van der Waals surface area contributed by atoms with E-state index >= 15 is 0 Å². The highest BCUT2D eigenvalue weighted by atomic mass is 16.5. The van der Waals surface area contributed by atoms with Gasteiger partial charge < -0.3 is 18.9 Å². The summed E-state index contributed by atoms with van der Waals surface area (Å²) in [7, 11) is 3.58. The van der Waals surface area contributed by atoms with E-state index in [-0.39, 0.29) is 12.0 Å². The highest BCUT2D eigenvalue weighted by molar-refractivity contribution is 5.99. The minimum Gasteiger partial charge on any atom is -0.497 e. The van der Waals surface area contributed by atoms with Gasteiger partial charge in [0.1, 0.15) is 11.4 Å². The zero-order valence-corrected chi connectivity index (χ0v) is 16.3. The smallest absolute Gasteiger partial charge is 0.270 e. The molecule has 4 rings (SSSR count). The highest BCUT2D eigenvalue weighted by Crippen LogP contribution is 2.25. The van der Waals surface area contributed by atoms with Gasteiger partial charge in [-0.15, -0.1) is 0 Å². The van der Waals surface area contributed by atoms with E-state index in [1.165, 1.54) is 0 Å². The summed E-state index contributed by atoms with van der Waals surface area (Å²) in [4.78, 5) is 19.2. The Kier molecular flexibility index (Phi) is 5.30. The standard InChI is InChI=1S/C22H25N3O3/c1-24-20-8-7-18(27-2)11-17(20)12-21(24)22(26)25-10-4-6-19(14-25)28-15-16-5-3-9-23-13-16/h3,5,7-9,11-13,19H,4,6,10,14-15H2,1-2H3/t19-/m0/s1. The number of rotatable bonds is 5. The molecule has 0 spiro atoms. The van der Waals surface area contributed by atoms with Crippen molar-refractivity contribution in [1.29, 1.82) is 0 Å². The van der Waals surface area contributed by atoms with Crippen LogP contribution in [0.2, 0.25) is 0 Å². The number of hydrogen-bond acceptors (Lipinski definition) is 4. The molecule has 28 heavy (non-hydrogen) atoms. The number of methoxy groups -OCH3 is 1. The van der Waals surface area contributed by atoms with Crippen molar-refractivity contribution in [2.24, 2.45) is 7.05 Å². The lowest BCUT2D eigenvalue weighted by molar-refractivity contribution is -0.00705. The van der Waals surface area contributed by atoms with E-state index in [4.69, 9.17) is 9.47 Å². The predicted octanol–water partition coefficient (Wildman–Crippen LogP) is 3.40. The van der Waals surface area contributed by atoms with Gasteiger partial charge in [-0.05, 0) is 48.7 Å². The number of amides is 1. The molecular formula is C22H25N3O3.